The minimum Gasteiger partial charge on any atom is -0.388 e. The monoisotopic (exact) mass is 270 g/mol. The van der Waals surface area contributed by atoms with Crippen LogP contribution in [0.25, 0.3) is 0 Å². The van der Waals surface area contributed by atoms with E-state index in [2.05, 4.69) is 5.32 Å². The molecule has 0 aromatic carbocycles. The Bertz CT molecular complexity index is 295. The van der Waals surface area contributed by atoms with Gasteiger partial charge in [0.25, 0.3) is 0 Å². The van der Waals surface area contributed by atoms with Gasteiger partial charge in [-0.3, -0.25) is 4.79 Å². The topological polar surface area (TPSA) is 61.8 Å². The number of likely N-dealkylation sites (N-methyl/N-ethyl adjacent to an activating group) is 1. The van der Waals surface area contributed by atoms with E-state index in [0.717, 1.165) is 25.8 Å². The van der Waals surface area contributed by atoms with Gasteiger partial charge in [-0.2, -0.15) is 0 Å². The minimum absolute atomic E-state index is 0.0732. The maximum Gasteiger partial charge on any atom is 0.239 e. The van der Waals surface area contributed by atoms with Crippen molar-refractivity contribution in [1.29, 1.82) is 0 Å². The van der Waals surface area contributed by atoms with Gasteiger partial charge >= 0.3 is 0 Å². The van der Waals surface area contributed by atoms with Gasteiger partial charge in [0.1, 0.15) is 0 Å². The zero-order valence-electron chi connectivity index (χ0n) is 11.9. The molecule has 2 fully saturated rings. The first-order valence-electron chi connectivity index (χ1n) is 7.39. The molecule has 5 nitrogen and oxygen atoms in total. The molecule has 2 aliphatic rings. The summed E-state index contributed by atoms with van der Waals surface area (Å²) in [5.41, 5.74) is -0.770. The van der Waals surface area contributed by atoms with Crippen molar-refractivity contribution < 1.29 is 14.6 Å². The number of ether oxygens (including phenoxy) is 1. The van der Waals surface area contributed by atoms with E-state index < -0.39 is 5.60 Å². The maximum atomic E-state index is 12.4. The van der Waals surface area contributed by atoms with Crippen LogP contribution in [0.3, 0.4) is 0 Å². The standard InChI is InChI=1S/C14H26N2O3/c1-16(11-14(18)6-9-19-10-7-14)13(17)12-5-3-2-4-8-15-12/h12,15,18H,2-11H2,1H3. The van der Waals surface area contributed by atoms with Gasteiger partial charge in [0.05, 0.1) is 11.6 Å². The summed E-state index contributed by atoms with van der Waals surface area (Å²) < 4.78 is 5.26. The van der Waals surface area contributed by atoms with Gasteiger partial charge in [0.15, 0.2) is 0 Å². The van der Waals surface area contributed by atoms with Crippen LogP contribution >= 0.6 is 0 Å². The van der Waals surface area contributed by atoms with E-state index in [0.29, 0.717) is 32.6 Å². The minimum atomic E-state index is -0.770. The van der Waals surface area contributed by atoms with Crippen LogP contribution in [0.5, 0.6) is 0 Å². The van der Waals surface area contributed by atoms with Crippen molar-refractivity contribution in [3.05, 3.63) is 0 Å². The summed E-state index contributed by atoms with van der Waals surface area (Å²) in [5.74, 6) is 0.113. The van der Waals surface area contributed by atoms with Gasteiger partial charge in [0.2, 0.25) is 5.91 Å². The van der Waals surface area contributed by atoms with E-state index in [4.69, 9.17) is 4.74 Å². The summed E-state index contributed by atoms with van der Waals surface area (Å²) in [6.45, 7) is 2.50. The number of nitrogens with one attached hydrogen (secondary N) is 1. The third-order valence-electron chi connectivity index (χ3n) is 4.19. The van der Waals surface area contributed by atoms with Gasteiger partial charge in [-0.25, -0.2) is 0 Å². The summed E-state index contributed by atoms with van der Waals surface area (Å²) >= 11 is 0. The van der Waals surface area contributed by atoms with Crippen molar-refractivity contribution in [1.82, 2.24) is 10.2 Å². The second-order valence-electron chi connectivity index (χ2n) is 5.89. The van der Waals surface area contributed by atoms with Gasteiger partial charge < -0.3 is 20.1 Å². The number of amides is 1. The zero-order valence-corrected chi connectivity index (χ0v) is 11.9. The highest BCUT2D eigenvalue weighted by molar-refractivity contribution is 5.81. The largest absolute Gasteiger partial charge is 0.388 e. The second kappa shape index (κ2) is 6.68. The number of carbonyl (C=O) groups is 1. The molecule has 110 valence electrons. The van der Waals surface area contributed by atoms with Gasteiger partial charge in [-0.1, -0.05) is 12.8 Å². The number of aliphatic hydroxyl groups is 1. The van der Waals surface area contributed by atoms with Crippen molar-refractivity contribution >= 4 is 5.91 Å². The fourth-order valence-corrected chi connectivity index (χ4v) is 2.93. The molecule has 0 aliphatic carbocycles. The molecule has 5 heteroatoms. The van der Waals surface area contributed by atoms with Gasteiger partial charge in [-0.15, -0.1) is 0 Å². The van der Waals surface area contributed by atoms with Crippen LogP contribution in [-0.4, -0.2) is 60.9 Å². The van der Waals surface area contributed by atoms with Gasteiger partial charge in [-0.05, 0) is 19.4 Å². The number of rotatable bonds is 3. The first-order chi connectivity index (χ1) is 9.11. The molecule has 0 spiro atoms. The van der Waals surface area contributed by atoms with Crippen molar-refractivity contribution in [3.63, 3.8) is 0 Å². The summed E-state index contributed by atoms with van der Waals surface area (Å²) in [5, 5.41) is 13.8. The van der Waals surface area contributed by atoms with Crippen LogP contribution in [0.1, 0.15) is 38.5 Å². The Hall–Kier alpha value is -0.650. The van der Waals surface area contributed by atoms with Crippen LogP contribution in [0, 0.1) is 0 Å². The lowest BCUT2D eigenvalue weighted by molar-refractivity contribution is -0.139. The molecule has 1 unspecified atom stereocenters. The Kier molecular flexibility index (Phi) is 5.19. The molecule has 0 radical (unpaired) electrons. The van der Waals surface area contributed by atoms with Crippen LogP contribution in [0.4, 0.5) is 0 Å². The molecule has 1 amide bonds. The first-order valence-corrected chi connectivity index (χ1v) is 7.39. The number of hydrogen-bond acceptors (Lipinski definition) is 4. The Labute approximate surface area is 115 Å². The van der Waals surface area contributed by atoms with Crippen LogP contribution in [0.2, 0.25) is 0 Å². The SMILES string of the molecule is CN(CC1(O)CCOCC1)C(=O)C1CCCCCN1. The Balaban J connectivity index is 1.87. The third-order valence-corrected chi connectivity index (χ3v) is 4.19. The number of nitrogens with zero attached hydrogens (tertiary/aromatic N) is 1. The molecule has 2 heterocycles. The molecule has 0 aromatic heterocycles. The summed E-state index contributed by atoms with van der Waals surface area (Å²) in [6, 6.07) is -0.0732. The van der Waals surface area contributed by atoms with E-state index in [1.165, 1.54) is 6.42 Å². The van der Waals surface area contributed by atoms with Crippen molar-refractivity contribution in [2.75, 3.05) is 33.4 Å². The molecule has 0 aromatic rings. The van der Waals surface area contributed by atoms with E-state index >= 15 is 0 Å². The summed E-state index contributed by atoms with van der Waals surface area (Å²) in [7, 11) is 1.79. The van der Waals surface area contributed by atoms with Gasteiger partial charge in [0, 0.05) is 39.6 Å². The Morgan fingerprint density at radius 2 is 2.11 bits per heavy atom. The van der Waals surface area contributed by atoms with E-state index in [1.54, 1.807) is 11.9 Å². The number of carbonyl (C=O) groups excluding carboxylic acids is 1. The molecule has 2 aliphatic heterocycles. The lowest BCUT2D eigenvalue weighted by atomic mass is 9.93. The van der Waals surface area contributed by atoms with Crippen molar-refractivity contribution in [2.45, 2.75) is 50.2 Å². The predicted molar refractivity (Wildman–Crippen MR) is 72.9 cm³/mol. The normalized spacial score (nSPS) is 27.6. The highest BCUT2D eigenvalue weighted by Crippen LogP contribution is 2.22. The Morgan fingerprint density at radius 3 is 2.84 bits per heavy atom. The molecule has 0 saturated carbocycles. The molecule has 1 atom stereocenters. The van der Waals surface area contributed by atoms with E-state index in [-0.39, 0.29) is 11.9 Å². The predicted octanol–water partition coefficient (Wildman–Crippen LogP) is 0.518. The number of hydrogen-bond donors (Lipinski definition) is 2. The van der Waals surface area contributed by atoms with E-state index in [1.807, 2.05) is 0 Å². The van der Waals surface area contributed by atoms with Crippen LogP contribution < -0.4 is 5.32 Å². The second-order valence-corrected chi connectivity index (χ2v) is 5.89. The molecule has 2 rings (SSSR count). The van der Waals surface area contributed by atoms with E-state index in [9.17, 15) is 9.90 Å². The molecule has 19 heavy (non-hydrogen) atoms. The first kappa shape index (κ1) is 14.8. The summed E-state index contributed by atoms with van der Waals surface area (Å²) in [6.07, 6.45) is 5.59. The summed E-state index contributed by atoms with van der Waals surface area (Å²) in [4.78, 5) is 14.1. The molecular formula is C14H26N2O3. The van der Waals surface area contributed by atoms with Crippen molar-refractivity contribution in [3.8, 4) is 0 Å². The molecule has 2 saturated heterocycles. The van der Waals surface area contributed by atoms with Crippen molar-refractivity contribution in [2.24, 2.45) is 0 Å². The zero-order chi connectivity index (χ0) is 13.7. The average molecular weight is 270 g/mol. The Morgan fingerprint density at radius 1 is 1.37 bits per heavy atom. The van der Waals surface area contributed by atoms with Crippen LogP contribution in [0.15, 0.2) is 0 Å². The van der Waals surface area contributed by atoms with Crippen LogP contribution in [-0.2, 0) is 9.53 Å². The fraction of sp³-hybridized carbons (Fsp3) is 0.929. The average Bonchev–Trinajstić information content (AvgIpc) is 2.67. The maximum absolute atomic E-state index is 12.4. The highest BCUT2D eigenvalue weighted by atomic mass is 16.5. The molecule has 0 bridgehead atoms. The highest BCUT2D eigenvalue weighted by Gasteiger charge is 2.34. The quantitative estimate of drug-likeness (QED) is 0.785. The molecular weight excluding hydrogens is 244 g/mol. The molecule has 2 N–H and O–H groups in total. The lowest BCUT2D eigenvalue weighted by Crippen LogP contribution is -2.52. The fourth-order valence-electron chi connectivity index (χ4n) is 2.93. The lowest BCUT2D eigenvalue weighted by Gasteiger charge is -2.36. The smallest absolute Gasteiger partial charge is 0.239 e. The third kappa shape index (κ3) is 4.16.